The van der Waals surface area contributed by atoms with Crippen LogP contribution in [0.25, 0.3) is 11.2 Å². The summed E-state index contributed by atoms with van der Waals surface area (Å²) in [5.41, 5.74) is 7.03. The van der Waals surface area contributed by atoms with E-state index in [1.54, 1.807) is 0 Å². The lowest BCUT2D eigenvalue weighted by molar-refractivity contribution is -0.140. The molecule has 4 rings (SSSR count). The van der Waals surface area contributed by atoms with E-state index in [4.69, 9.17) is 10.5 Å². The Kier molecular flexibility index (Phi) is 6.07. The molecule has 0 bridgehead atoms. The number of imidazole rings is 1. The van der Waals surface area contributed by atoms with Crippen molar-refractivity contribution < 1.29 is 24.9 Å². The Bertz CT molecular complexity index is 1110. The number of nitrogens with two attached hydrogens (primary N) is 1. The van der Waals surface area contributed by atoms with E-state index in [2.05, 4.69) is 43.6 Å². The molecule has 11 nitrogen and oxygen atoms in total. The first-order valence-corrected chi connectivity index (χ1v) is 10.5. The van der Waals surface area contributed by atoms with Crippen molar-refractivity contribution in [2.45, 2.75) is 37.2 Å². The van der Waals surface area contributed by atoms with Crippen LogP contribution >= 0.6 is 22.6 Å². The number of nitrogens with zero attached hydrogens (tertiary/aromatic N) is 5. The maximum atomic E-state index is 11.3. The Morgan fingerprint density at radius 3 is 2.81 bits per heavy atom. The van der Waals surface area contributed by atoms with Crippen LogP contribution in [-0.4, -0.2) is 72.2 Å². The third-order valence-corrected chi connectivity index (χ3v) is 5.83. The second-order valence-electron chi connectivity index (χ2n) is 7.33. The van der Waals surface area contributed by atoms with Crippen LogP contribution in [0, 0.1) is 3.57 Å². The van der Waals surface area contributed by atoms with Gasteiger partial charge in [0.05, 0.1) is 6.33 Å². The predicted molar refractivity (Wildman–Crippen MR) is 118 cm³/mol. The fourth-order valence-corrected chi connectivity index (χ4v) is 4.24. The molecule has 2 aromatic heterocycles. The molecule has 1 saturated heterocycles. The van der Waals surface area contributed by atoms with E-state index in [0.29, 0.717) is 23.5 Å². The molecule has 0 radical (unpaired) electrons. The summed E-state index contributed by atoms with van der Waals surface area (Å²) in [4.78, 5) is 26.2. The Hall–Kier alpha value is -2.39. The minimum atomic E-state index is -1.77. The maximum absolute atomic E-state index is 11.3. The molecule has 3 heterocycles. The molecule has 1 aliphatic rings. The van der Waals surface area contributed by atoms with E-state index in [1.807, 2.05) is 30.1 Å². The van der Waals surface area contributed by atoms with Crippen molar-refractivity contribution in [3.8, 4) is 0 Å². The molecule has 3 aromatic rings. The zero-order chi connectivity index (χ0) is 22.3. The van der Waals surface area contributed by atoms with Gasteiger partial charge in [-0.25, -0.2) is 15.0 Å². The van der Waals surface area contributed by atoms with Gasteiger partial charge in [-0.05, 0) is 40.3 Å². The second kappa shape index (κ2) is 8.63. The van der Waals surface area contributed by atoms with Crippen LogP contribution in [0.4, 0.5) is 5.82 Å². The number of primary amides is 1. The molecular formula is C19H21IN6O5. The third-order valence-electron chi connectivity index (χ3n) is 5.16. The first-order chi connectivity index (χ1) is 14.8. The predicted octanol–water partition coefficient (Wildman–Crippen LogP) is -0.467. The number of hydrogen-bond donors (Lipinski definition) is 4. The van der Waals surface area contributed by atoms with Gasteiger partial charge in [-0.1, -0.05) is 12.1 Å². The lowest BCUT2D eigenvalue weighted by atomic mass is 10.1. The SMILES string of the molecule is CN(Cc1cccc(I)c1)c1ncnc2c1ncn2[C@@H]1O[C@H](C(O)C(N)=O)[C@@H](O)[C@H]1O. The smallest absolute Gasteiger partial charge is 0.249 e. The van der Waals surface area contributed by atoms with Gasteiger partial charge in [0, 0.05) is 17.2 Å². The highest BCUT2D eigenvalue weighted by molar-refractivity contribution is 14.1. The fourth-order valence-electron chi connectivity index (χ4n) is 3.63. The summed E-state index contributed by atoms with van der Waals surface area (Å²) in [7, 11) is 1.88. The standard InChI is InChI=1S/C19H21IN6O5/c1-25(6-9-3-2-4-10(20)5-9)17-11-18(23-7-22-17)26(8-24-11)19-13(28)12(27)15(31-19)14(29)16(21)30/h2-5,7-8,12-15,19,27-29H,6H2,1H3,(H2,21,30)/t12-,13+,14?,15-,19+/m0/s1. The lowest BCUT2D eigenvalue weighted by Gasteiger charge is -2.19. The van der Waals surface area contributed by atoms with E-state index in [0.717, 1.165) is 9.13 Å². The number of carbonyl (C=O) groups is 1. The minimum Gasteiger partial charge on any atom is -0.387 e. The number of amides is 1. The molecule has 0 saturated carbocycles. The summed E-state index contributed by atoms with van der Waals surface area (Å²) < 4.78 is 8.12. The van der Waals surface area contributed by atoms with E-state index in [-0.39, 0.29) is 0 Å². The molecule has 1 amide bonds. The average molecular weight is 540 g/mol. The van der Waals surface area contributed by atoms with E-state index in [1.165, 1.54) is 17.2 Å². The number of halogens is 1. The van der Waals surface area contributed by atoms with Gasteiger partial charge < -0.3 is 30.7 Å². The Morgan fingerprint density at radius 1 is 1.32 bits per heavy atom. The van der Waals surface area contributed by atoms with Gasteiger partial charge in [0.1, 0.15) is 24.6 Å². The van der Waals surface area contributed by atoms with Crippen LogP contribution in [0.5, 0.6) is 0 Å². The minimum absolute atomic E-state index is 0.366. The summed E-state index contributed by atoms with van der Waals surface area (Å²) in [5.74, 6) is -0.487. The largest absolute Gasteiger partial charge is 0.387 e. The van der Waals surface area contributed by atoms with Gasteiger partial charge in [0.25, 0.3) is 0 Å². The Labute approximate surface area is 190 Å². The van der Waals surface area contributed by atoms with Crippen LogP contribution in [0.15, 0.2) is 36.9 Å². The zero-order valence-electron chi connectivity index (χ0n) is 16.4. The highest BCUT2D eigenvalue weighted by Gasteiger charge is 2.48. The third kappa shape index (κ3) is 4.08. The van der Waals surface area contributed by atoms with Crippen molar-refractivity contribution >= 4 is 45.5 Å². The molecule has 5 N–H and O–H groups in total. The highest BCUT2D eigenvalue weighted by Crippen LogP contribution is 2.34. The van der Waals surface area contributed by atoms with Gasteiger partial charge in [-0.3, -0.25) is 9.36 Å². The van der Waals surface area contributed by atoms with Gasteiger partial charge in [0.2, 0.25) is 5.91 Å². The van der Waals surface area contributed by atoms with Gasteiger partial charge in [-0.15, -0.1) is 0 Å². The van der Waals surface area contributed by atoms with E-state index < -0.39 is 36.6 Å². The van der Waals surface area contributed by atoms with Crippen molar-refractivity contribution in [1.82, 2.24) is 19.5 Å². The number of aliphatic hydroxyl groups excluding tert-OH is 3. The fraction of sp³-hybridized carbons (Fsp3) is 0.368. The highest BCUT2D eigenvalue weighted by atomic mass is 127. The summed E-state index contributed by atoms with van der Waals surface area (Å²) in [6.07, 6.45) is -4.44. The van der Waals surface area contributed by atoms with Crippen molar-refractivity contribution in [3.63, 3.8) is 0 Å². The van der Waals surface area contributed by atoms with Crippen LogP contribution in [0.2, 0.25) is 0 Å². The molecule has 0 aliphatic carbocycles. The van der Waals surface area contributed by atoms with E-state index >= 15 is 0 Å². The lowest BCUT2D eigenvalue weighted by Crippen LogP contribution is -2.45. The van der Waals surface area contributed by atoms with Gasteiger partial charge >= 0.3 is 0 Å². The summed E-state index contributed by atoms with van der Waals surface area (Å²) >= 11 is 2.25. The number of hydrogen-bond acceptors (Lipinski definition) is 9. The number of ether oxygens (including phenoxy) is 1. The number of carbonyl (C=O) groups excluding carboxylic acids is 1. The molecule has 31 heavy (non-hydrogen) atoms. The van der Waals surface area contributed by atoms with Crippen molar-refractivity contribution in [1.29, 1.82) is 0 Å². The van der Waals surface area contributed by atoms with E-state index in [9.17, 15) is 20.1 Å². The zero-order valence-corrected chi connectivity index (χ0v) is 18.6. The monoisotopic (exact) mass is 540 g/mol. The summed E-state index contributed by atoms with van der Waals surface area (Å²) in [6.45, 7) is 0.587. The Morgan fingerprint density at radius 2 is 2.10 bits per heavy atom. The average Bonchev–Trinajstić information content (AvgIpc) is 3.28. The molecule has 1 unspecified atom stereocenters. The molecule has 164 valence electrons. The summed E-state index contributed by atoms with van der Waals surface area (Å²) in [6, 6.07) is 8.08. The normalized spacial score (nSPS) is 24.4. The van der Waals surface area contributed by atoms with Crippen LogP contribution in [0.3, 0.4) is 0 Å². The van der Waals surface area contributed by atoms with Crippen molar-refractivity contribution in [2.24, 2.45) is 5.73 Å². The topological polar surface area (TPSA) is 160 Å². The number of anilines is 1. The quantitative estimate of drug-likeness (QED) is 0.303. The van der Waals surface area contributed by atoms with Crippen LogP contribution < -0.4 is 10.6 Å². The van der Waals surface area contributed by atoms with Crippen LogP contribution in [-0.2, 0) is 16.1 Å². The Balaban J connectivity index is 1.64. The second-order valence-corrected chi connectivity index (χ2v) is 8.57. The molecule has 5 atom stereocenters. The molecule has 12 heteroatoms. The maximum Gasteiger partial charge on any atom is 0.249 e. The number of aliphatic hydroxyl groups is 3. The number of aromatic nitrogens is 4. The first-order valence-electron chi connectivity index (χ1n) is 9.40. The number of rotatable bonds is 6. The summed E-state index contributed by atoms with van der Waals surface area (Å²) in [5, 5.41) is 30.6. The number of fused-ring (bicyclic) bond motifs is 1. The molecular weight excluding hydrogens is 519 g/mol. The molecule has 1 aliphatic heterocycles. The molecule has 0 spiro atoms. The first kappa shape index (κ1) is 21.8. The van der Waals surface area contributed by atoms with Gasteiger partial charge in [-0.2, -0.15) is 0 Å². The van der Waals surface area contributed by atoms with Crippen LogP contribution in [0.1, 0.15) is 11.8 Å². The van der Waals surface area contributed by atoms with Gasteiger partial charge in [0.15, 0.2) is 29.3 Å². The van der Waals surface area contributed by atoms with Crippen molar-refractivity contribution in [3.05, 3.63) is 46.1 Å². The molecule has 1 aromatic carbocycles. The number of benzene rings is 1. The van der Waals surface area contributed by atoms with Crippen molar-refractivity contribution in [2.75, 3.05) is 11.9 Å². The molecule has 1 fully saturated rings.